The smallest absolute Gasteiger partial charge is 0.342 e. The molecule has 3 nitrogen and oxygen atoms in total. The van der Waals surface area contributed by atoms with Crippen LogP contribution < -0.4 is 0 Å². The van der Waals surface area contributed by atoms with Crippen molar-refractivity contribution in [2.45, 2.75) is 27.2 Å². The fraction of sp³-hybridized carbons (Fsp3) is 0.278. The van der Waals surface area contributed by atoms with Crippen molar-refractivity contribution in [1.29, 1.82) is 0 Å². The van der Waals surface area contributed by atoms with E-state index < -0.39 is 11.8 Å². The summed E-state index contributed by atoms with van der Waals surface area (Å²) in [6.07, 6.45) is 0.393. The van der Waals surface area contributed by atoms with E-state index in [2.05, 4.69) is 0 Å². The summed E-state index contributed by atoms with van der Waals surface area (Å²) in [5, 5.41) is 10.8. The Morgan fingerprint density at radius 2 is 1.96 bits per heavy atom. The summed E-state index contributed by atoms with van der Waals surface area (Å²) in [6.45, 7) is 5.13. The lowest BCUT2D eigenvalue weighted by Gasteiger charge is -2.18. The molecule has 0 unspecified atom stereocenters. The Hall–Kier alpha value is -2.07. The first-order valence-electron chi connectivity index (χ1n) is 7.39. The van der Waals surface area contributed by atoms with Crippen molar-refractivity contribution in [3.05, 3.63) is 51.8 Å². The molecular formula is C18H18ClFO3. The van der Waals surface area contributed by atoms with Crippen LogP contribution in [0, 0.1) is 12.7 Å². The van der Waals surface area contributed by atoms with Gasteiger partial charge in [-0.3, -0.25) is 0 Å². The molecule has 0 aliphatic rings. The van der Waals surface area contributed by atoms with Crippen LogP contribution in [-0.2, 0) is 11.2 Å². The summed E-state index contributed by atoms with van der Waals surface area (Å²) in [6, 6.07) is 6.61. The van der Waals surface area contributed by atoms with Gasteiger partial charge in [0.25, 0.3) is 0 Å². The third-order valence-electron chi connectivity index (χ3n) is 3.75. The van der Waals surface area contributed by atoms with Crippen molar-refractivity contribution < 1.29 is 19.0 Å². The molecule has 2 rings (SSSR count). The van der Waals surface area contributed by atoms with Gasteiger partial charge in [-0.25, -0.2) is 9.18 Å². The van der Waals surface area contributed by atoms with Crippen molar-refractivity contribution in [2.75, 3.05) is 6.61 Å². The highest BCUT2D eigenvalue weighted by atomic mass is 35.5. The molecule has 0 saturated carbocycles. The van der Waals surface area contributed by atoms with Gasteiger partial charge in [-0.1, -0.05) is 36.7 Å². The molecule has 0 bridgehead atoms. The van der Waals surface area contributed by atoms with E-state index >= 15 is 0 Å². The van der Waals surface area contributed by atoms with Crippen LogP contribution in [0.15, 0.2) is 24.3 Å². The number of halogens is 2. The first-order chi connectivity index (χ1) is 10.9. The van der Waals surface area contributed by atoms with Crippen molar-refractivity contribution in [2.24, 2.45) is 0 Å². The zero-order valence-electron chi connectivity index (χ0n) is 13.2. The average molecular weight is 337 g/mol. The van der Waals surface area contributed by atoms with Crippen LogP contribution in [0.2, 0.25) is 5.02 Å². The molecule has 0 aliphatic carbocycles. The molecular weight excluding hydrogens is 319 g/mol. The zero-order valence-corrected chi connectivity index (χ0v) is 14.0. The third-order valence-corrected chi connectivity index (χ3v) is 4.08. The first-order valence-corrected chi connectivity index (χ1v) is 7.77. The number of rotatable bonds is 4. The van der Waals surface area contributed by atoms with Gasteiger partial charge in [0.1, 0.15) is 17.1 Å². The normalized spacial score (nSPS) is 10.7. The number of benzene rings is 2. The van der Waals surface area contributed by atoms with Crippen LogP contribution in [0.1, 0.15) is 35.3 Å². The fourth-order valence-corrected chi connectivity index (χ4v) is 2.86. The summed E-state index contributed by atoms with van der Waals surface area (Å²) in [7, 11) is 0. The highest BCUT2D eigenvalue weighted by molar-refractivity contribution is 6.33. The highest BCUT2D eigenvalue weighted by Gasteiger charge is 2.28. The lowest BCUT2D eigenvalue weighted by molar-refractivity contribution is 0.0523. The molecule has 0 radical (unpaired) electrons. The Morgan fingerprint density at radius 1 is 1.30 bits per heavy atom. The van der Waals surface area contributed by atoms with Gasteiger partial charge in [-0.05, 0) is 31.9 Å². The predicted octanol–water partition coefficient (Wildman–Crippen LogP) is 4.90. The number of ether oxygens (including phenoxy) is 1. The Morgan fingerprint density at radius 3 is 2.52 bits per heavy atom. The summed E-state index contributed by atoms with van der Waals surface area (Å²) in [5.74, 6) is -1.59. The van der Waals surface area contributed by atoms with E-state index in [1.165, 1.54) is 0 Å². The molecule has 0 aliphatic heterocycles. The van der Waals surface area contributed by atoms with Gasteiger partial charge in [0.2, 0.25) is 0 Å². The molecule has 1 N–H and O–H groups in total. The molecule has 5 heteroatoms. The standard InChI is InChI=1S/C18H18ClFO3/c1-4-11-10(3)16(20)14(12-8-6-7-9-13(12)19)15(17(11)21)18(22)23-5-2/h6-9,21H,4-5H2,1-3H3. The maximum absolute atomic E-state index is 15.0. The third kappa shape index (κ3) is 3.04. The molecule has 0 heterocycles. The molecule has 0 aromatic heterocycles. The van der Waals surface area contributed by atoms with Gasteiger partial charge in [0.05, 0.1) is 6.61 Å². The maximum atomic E-state index is 15.0. The van der Waals surface area contributed by atoms with E-state index in [4.69, 9.17) is 16.3 Å². The second-order valence-electron chi connectivity index (χ2n) is 5.07. The summed E-state index contributed by atoms with van der Waals surface area (Å²) in [5.41, 5.74) is 0.825. The van der Waals surface area contributed by atoms with E-state index in [9.17, 15) is 14.3 Å². The van der Waals surface area contributed by atoms with Crippen LogP contribution >= 0.6 is 11.6 Å². The minimum atomic E-state index is -0.770. The van der Waals surface area contributed by atoms with E-state index in [1.807, 2.05) is 0 Å². The Bertz CT molecular complexity index is 756. The quantitative estimate of drug-likeness (QED) is 0.808. The minimum Gasteiger partial charge on any atom is -0.507 e. The topological polar surface area (TPSA) is 46.5 Å². The van der Waals surface area contributed by atoms with Crippen LogP contribution in [0.25, 0.3) is 11.1 Å². The van der Waals surface area contributed by atoms with Crippen molar-refractivity contribution >= 4 is 17.6 Å². The number of carbonyl (C=O) groups excluding carboxylic acids is 1. The van der Waals surface area contributed by atoms with Crippen LogP contribution in [-0.4, -0.2) is 17.7 Å². The Kier molecular flexibility index (Phi) is 5.26. The van der Waals surface area contributed by atoms with Crippen LogP contribution in [0.3, 0.4) is 0 Å². The van der Waals surface area contributed by atoms with Crippen LogP contribution in [0.5, 0.6) is 5.75 Å². The predicted molar refractivity (Wildman–Crippen MR) is 88.6 cm³/mol. The SMILES string of the molecule is CCOC(=O)c1c(O)c(CC)c(C)c(F)c1-c1ccccc1Cl. The monoisotopic (exact) mass is 336 g/mol. The van der Waals surface area contributed by atoms with Crippen molar-refractivity contribution in [1.82, 2.24) is 0 Å². The van der Waals surface area contributed by atoms with Gasteiger partial charge in [0, 0.05) is 21.7 Å². The second kappa shape index (κ2) is 7.01. The fourth-order valence-electron chi connectivity index (χ4n) is 2.63. The molecule has 2 aromatic rings. The lowest BCUT2D eigenvalue weighted by atomic mass is 9.91. The van der Waals surface area contributed by atoms with Gasteiger partial charge in [-0.15, -0.1) is 0 Å². The Balaban J connectivity index is 2.89. The van der Waals surface area contributed by atoms with Gasteiger partial charge in [0.15, 0.2) is 0 Å². The van der Waals surface area contributed by atoms with E-state index in [0.29, 0.717) is 28.1 Å². The molecule has 0 fully saturated rings. The molecule has 0 amide bonds. The highest BCUT2D eigenvalue weighted by Crippen LogP contribution is 2.41. The van der Waals surface area contributed by atoms with Gasteiger partial charge >= 0.3 is 5.97 Å². The number of phenols is 1. The Labute approximate surface area is 139 Å². The lowest BCUT2D eigenvalue weighted by Crippen LogP contribution is -2.11. The number of esters is 1. The maximum Gasteiger partial charge on any atom is 0.342 e. The number of aromatic hydroxyl groups is 1. The number of hydrogen-bond acceptors (Lipinski definition) is 3. The number of hydrogen-bond donors (Lipinski definition) is 1. The minimum absolute atomic E-state index is 0.0266. The molecule has 0 saturated heterocycles. The molecule has 0 atom stereocenters. The van der Waals surface area contributed by atoms with Crippen molar-refractivity contribution in [3.63, 3.8) is 0 Å². The van der Waals surface area contributed by atoms with Gasteiger partial charge < -0.3 is 9.84 Å². The molecule has 2 aromatic carbocycles. The molecule has 122 valence electrons. The first kappa shape index (κ1) is 17.3. The zero-order chi connectivity index (χ0) is 17.1. The van der Waals surface area contributed by atoms with Crippen molar-refractivity contribution in [3.8, 4) is 16.9 Å². The summed E-state index contributed by atoms with van der Waals surface area (Å²) >= 11 is 6.16. The van der Waals surface area contributed by atoms with Gasteiger partial charge in [-0.2, -0.15) is 0 Å². The number of phenolic OH excluding ortho intramolecular Hbond substituents is 1. The van der Waals surface area contributed by atoms with E-state index in [-0.39, 0.29) is 23.5 Å². The molecule has 0 spiro atoms. The van der Waals surface area contributed by atoms with E-state index in [1.54, 1.807) is 45.0 Å². The number of carbonyl (C=O) groups is 1. The largest absolute Gasteiger partial charge is 0.507 e. The molecule has 23 heavy (non-hydrogen) atoms. The van der Waals surface area contributed by atoms with E-state index in [0.717, 1.165) is 0 Å². The summed E-state index contributed by atoms with van der Waals surface area (Å²) in [4.78, 5) is 12.3. The second-order valence-corrected chi connectivity index (χ2v) is 5.48. The summed E-state index contributed by atoms with van der Waals surface area (Å²) < 4.78 is 20.0. The van der Waals surface area contributed by atoms with Crippen LogP contribution in [0.4, 0.5) is 4.39 Å². The average Bonchev–Trinajstić information content (AvgIpc) is 2.52.